The number of rotatable bonds is 7. The summed E-state index contributed by atoms with van der Waals surface area (Å²) in [7, 11) is -1.41. The number of imidazole rings is 1. The van der Waals surface area contributed by atoms with E-state index in [-0.39, 0.29) is 20.1 Å². The Morgan fingerprint density at radius 2 is 1.40 bits per heavy atom. The molecule has 0 fully saturated rings. The van der Waals surface area contributed by atoms with Crippen molar-refractivity contribution in [2.75, 3.05) is 0 Å². The molecule has 0 atom stereocenters. The summed E-state index contributed by atoms with van der Waals surface area (Å²) in [5.41, 5.74) is 11.6. The molecule has 62 heavy (non-hydrogen) atoms. The van der Waals surface area contributed by atoms with Crippen LogP contribution in [0.15, 0.2) is 168 Å². The van der Waals surface area contributed by atoms with E-state index in [9.17, 15) is 0 Å². The number of para-hydroxylation sites is 3. The van der Waals surface area contributed by atoms with Gasteiger partial charge in [-0.2, -0.15) is 11.3 Å². The van der Waals surface area contributed by atoms with E-state index in [4.69, 9.17) is 14.4 Å². The third kappa shape index (κ3) is 7.87. The number of hydrogen-bond acceptors (Lipinski definition) is 4. The topological polar surface area (TPSA) is 43.9 Å². The summed E-state index contributed by atoms with van der Waals surface area (Å²) in [5.74, 6) is 1.46. The van der Waals surface area contributed by atoms with E-state index in [1.54, 1.807) is 0 Å². The Kier molecular flexibility index (Phi) is 11.4. The van der Waals surface area contributed by atoms with Crippen LogP contribution < -0.4 is 5.19 Å². The molecule has 0 N–H and O–H groups in total. The molecule has 307 valence electrons. The number of thiophene rings is 1. The summed E-state index contributed by atoms with van der Waals surface area (Å²) in [6.07, 6.45) is 3.25. The molecule has 0 unspecified atom stereocenters. The van der Waals surface area contributed by atoms with Crippen LogP contribution in [0.4, 0.5) is 0 Å². The Labute approximate surface area is 381 Å². The minimum atomic E-state index is -1.41. The molecule has 4 nitrogen and oxygen atoms in total. The van der Waals surface area contributed by atoms with E-state index in [0.29, 0.717) is 5.92 Å². The zero-order valence-electron chi connectivity index (χ0n) is 35.4. The average molecular weight is 1020 g/mol. The van der Waals surface area contributed by atoms with Crippen molar-refractivity contribution >= 4 is 77.7 Å². The minimum absolute atomic E-state index is 0. The zero-order valence-corrected chi connectivity index (χ0v) is 39.6. The van der Waals surface area contributed by atoms with Gasteiger partial charge in [0.25, 0.3) is 0 Å². The molecule has 0 bridgehead atoms. The van der Waals surface area contributed by atoms with Crippen molar-refractivity contribution < 1.29 is 24.5 Å². The predicted molar refractivity (Wildman–Crippen MR) is 261 cm³/mol. The molecule has 0 aliphatic heterocycles. The fraction of sp³-hybridized carbons (Fsp3) is 0.127. The number of benzene rings is 7. The van der Waals surface area contributed by atoms with Crippen molar-refractivity contribution in [3.05, 3.63) is 182 Å². The smallest absolute Gasteiger partial charge is 0.120 e. The maximum absolute atomic E-state index is 6.32. The van der Waals surface area contributed by atoms with Gasteiger partial charge in [-0.25, -0.2) is 0 Å². The summed E-state index contributed by atoms with van der Waals surface area (Å²) in [4.78, 5) is 9.89. The second kappa shape index (κ2) is 17.1. The Morgan fingerprint density at radius 3 is 2.19 bits per heavy atom. The summed E-state index contributed by atoms with van der Waals surface area (Å²) in [6.45, 7) is 11.8. The maximum atomic E-state index is 6.32. The molecule has 11 rings (SSSR count). The van der Waals surface area contributed by atoms with E-state index < -0.39 is 8.07 Å². The van der Waals surface area contributed by atoms with Gasteiger partial charge in [0.05, 0.1) is 30.5 Å². The molecule has 0 aliphatic rings. The molecule has 4 heterocycles. The summed E-state index contributed by atoms with van der Waals surface area (Å²) >= 11 is 1.84. The van der Waals surface area contributed by atoms with Gasteiger partial charge in [-0.05, 0) is 80.8 Å². The largest absolute Gasteiger partial charge is 0.501 e. The van der Waals surface area contributed by atoms with Crippen molar-refractivity contribution in [1.29, 1.82) is 0 Å². The van der Waals surface area contributed by atoms with Crippen LogP contribution in [0.3, 0.4) is 0 Å². The Balaban J connectivity index is 0.000000160. The fourth-order valence-corrected chi connectivity index (χ4v) is 11.1. The van der Waals surface area contributed by atoms with Crippen molar-refractivity contribution in [2.24, 2.45) is 5.92 Å². The van der Waals surface area contributed by atoms with Crippen LogP contribution in [0, 0.1) is 18.1 Å². The SMILES string of the molecule is CC(C)Cc1cc(-c2[c-]cc3sc4ccccc4c3c2)ncc1[Si](C)(C)C.[Ir].[c-]1ccc2c(oc3ccccc32)c1-c1nc2ccccc2n1-c1ccc(-c2ccccc2)cc1. The first-order valence-corrected chi connectivity index (χ1v) is 25.3. The Bertz CT molecular complexity index is 3360. The quantitative estimate of drug-likeness (QED) is 0.118. The van der Waals surface area contributed by atoms with E-state index in [1.807, 2.05) is 59.9 Å². The van der Waals surface area contributed by atoms with Gasteiger partial charge < -0.3 is 14.0 Å². The second-order valence-electron chi connectivity index (χ2n) is 17.2. The van der Waals surface area contributed by atoms with E-state index >= 15 is 0 Å². The minimum Gasteiger partial charge on any atom is -0.501 e. The standard InChI is InChI=1S/C31H19N2O.C24H26NSSi.Ir/c1-2-9-21(10-3-1)22-17-19-23(20-18-22)33-28-15-6-5-14-27(28)32-31(33)26-13-8-12-25-24-11-4-7-16-29(24)34-30(25)26;1-16(2)12-18-14-21(25-15-24(18)27(3,4)5)17-10-11-23-20(13-17)19-8-6-7-9-22(19)26-23;/h1-12,14-20H;6-9,11,13-16H,12H2,1-5H3;/q2*-1;. The van der Waals surface area contributed by atoms with Crippen molar-refractivity contribution in [1.82, 2.24) is 14.5 Å². The Morgan fingerprint density at radius 1 is 0.694 bits per heavy atom. The number of aromatic nitrogens is 3. The molecular formula is C55H45IrN3OSSi-2. The number of furan rings is 1. The summed E-state index contributed by atoms with van der Waals surface area (Å²) in [6, 6.07) is 61.7. The van der Waals surface area contributed by atoms with Gasteiger partial charge in [0.1, 0.15) is 5.58 Å². The molecule has 4 aromatic heterocycles. The van der Waals surface area contributed by atoms with E-state index in [1.165, 1.54) is 42.0 Å². The van der Waals surface area contributed by atoms with Crippen LogP contribution in [0.5, 0.6) is 0 Å². The van der Waals surface area contributed by atoms with Crippen LogP contribution in [0.2, 0.25) is 19.6 Å². The molecule has 0 saturated heterocycles. The Hall–Kier alpha value is -5.95. The zero-order chi connectivity index (χ0) is 41.7. The van der Waals surface area contributed by atoms with Crippen LogP contribution in [0.25, 0.3) is 92.6 Å². The number of hydrogen-bond donors (Lipinski definition) is 0. The van der Waals surface area contributed by atoms with Gasteiger partial charge >= 0.3 is 0 Å². The van der Waals surface area contributed by atoms with Gasteiger partial charge in [-0.15, -0.1) is 42.0 Å². The van der Waals surface area contributed by atoms with E-state index in [0.717, 1.165) is 67.7 Å². The number of pyridine rings is 1. The van der Waals surface area contributed by atoms with Gasteiger partial charge in [0.15, 0.2) is 0 Å². The fourth-order valence-electron chi connectivity index (χ4n) is 8.49. The van der Waals surface area contributed by atoms with Crippen molar-refractivity contribution in [2.45, 2.75) is 39.9 Å². The third-order valence-electron chi connectivity index (χ3n) is 11.4. The molecule has 0 saturated carbocycles. The average Bonchev–Trinajstić information content (AvgIpc) is 3.98. The summed E-state index contributed by atoms with van der Waals surface area (Å²) < 4.78 is 11.1. The van der Waals surface area contributed by atoms with Crippen LogP contribution in [-0.4, -0.2) is 22.6 Å². The van der Waals surface area contributed by atoms with Gasteiger partial charge in [-0.1, -0.05) is 152 Å². The maximum Gasteiger partial charge on any atom is 0.120 e. The van der Waals surface area contributed by atoms with Gasteiger partial charge in [0.2, 0.25) is 0 Å². The van der Waals surface area contributed by atoms with Crippen LogP contribution in [0.1, 0.15) is 19.4 Å². The first-order valence-electron chi connectivity index (χ1n) is 21.0. The molecule has 0 spiro atoms. The van der Waals surface area contributed by atoms with E-state index in [2.05, 4.69) is 166 Å². The van der Waals surface area contributed by atoms with Crippen molar-refractivity contribution in [3.8, 4) is 39.5 Å². The molecular weight excluding hydrogens is 971 g/mol. The first kappa shape index (κ1) is 41.4. The third-order valence-corrected chi connectivity index (χ3v) is 14.6. The summed E-state index contributed by atoms with van der Waals surface area (Å²) in [5, 5.41) is 6.30. The number of fused-ring (bicyclic) bond motifs is 7. The molecule has 1 radical (unpaired) electrons. The van der Waals surface area contributed by atoms with Gasteiger partial charge in [-0.3, -0.25) is 4.98 Å². The molecule has 11 aromatic rings. The predicted octanol–water partition coefficient (Wildman–Crippen LogP) is 14.7. The molecule has 7 heteroatoms. The first-order chi connectivity index (χ1) is 29.7. The molecule has 7 aromatic carbocycles. The van der Waals surface area contributed by atoms with Crippen LogP contribution >= 0.6 is 11.3 Å². The van der Waals surface area contributed by atoms with Gasteiger partial charge in [0, 0.05) is 42.1 Å². The molecule has 0 amide bonds. The monoisotopic (exact) mass is 1020 g/mol. The number of nitrogens with zero attached hydrogens (tertiary/aromatic N) is 3. The molecule has 0 aliphatic carbocycles. The van der Waals surface area contributed by atoms with Crippen LogP contribution in [-0.2, 0) is 26.5 Å². The second-order valence-corrected chi connectivity index (χ2v) is 23.3. The normalized spacial score (nSPS) is 11.7. The van der Waals surface area contributed by atoms with Crippen molar-refractivity contribution in [3.63, 3.8) is 0 Å².